The van der Waals surface area contributed by atoms with Crippen molar-refractivity contribution in [3.63, 3.8) is 0 Å². The molecule has 19 heavy (non-hydrogen) atoms. The van der Waals surface area contributed by atoms with Gasteiger partial charge in [0.05, 0.1) is 12.9 Å². The zero-order valence-corrected chi connectivity index (χ0v) is 10.7. The fourth-order valence-electron chi connectivity index (χ4n) is 2.48. The van der Waals surface area contributed by atoms with E-state index in [0.29, 0.717) is 0 Å². The van der Waals surface area contributed by atoms with Crippen LogP contribution in [0.5, 0.6) is 0 Å². The van der Waals surface area contributed by atoms with Crippen LogP contribution in [-0.2, 0) is 19.7 Å². The molecule has 2 aromatic heterocycles. The van der Waals surface area contributed by atoms with Crippen molar-refractivity contribution in [2.45, 2.75) is 26.1 Å². The lowest BCUT2D eigenvalue weighted by Crippen LogP contribution is -2.01. The molecular formula is C15H17N3O. The number of para-hydroxylation sites is 1. The fraction of sp³-hybridized carbons (Fsp3) is 0.267. The summed E-state index contributed by atoms with van der Waals surface area (Å²) in [5.74, 6) is 0. The standard InChI is InChI=1S/C15H17N3O/c19-11-13-10-18(15-5-2-1-4-14(13)15)8-3-7-17-9-6-16-12-17/h1-2,4-6,9-10,12,19H,3,7-8,11H2. The van der Waals surface area contributed by atoms with E-state index in [9.17, 15) is 5.11 Å². The summed E-state index contributed by atoms with van der Waals surface area (Å²) in [6, 6.07) is 8.21. The minimum atomic E-state index is 0.0923. The highest BCUT2D eigenvalue weighted by atomic mass is 16.3. The average Bonchev–Trinajstić information content (AvgIpc) is 3.07. The topological polar surface area (TPSA) is 43.0 Å². The van der Waals surface area contributed by atoms with Gasteiger partial charge in [0.25, 0.3) is 0 Å². The van der Waals surface area contributed by atoms with Crippen LogP contribution in [0.3, 0.4) is 0 Å². The second kappa shape index (κ2) is 5.28. The zero-order valence-electron chi connectivity index (χ0n) is 10.7. The molecule has 0 fully saturated rings. The molecule has 0 amide bonds. The second-order valence-electron chi connectivity index (χ2n) is 4.68. The van der Waals surface area contributed by atoms with Crippen LogP contribution in [0.25, 0.3) is 10.9 Å². The van der Waals surface area contributed by atoms with Crippen molar-refractivity contribution in [1.29, 1.82) is 0 Å². The number of hydrogen-bond acceptors (Lipinski definition) is 2. The first-order valence-electron chi connectivity index (χ1n) is 6.52. The molecule has 0 bridgehead atoms. The Labute approximate surface area is 111 Å². The van der Waals surface area contributed by atoms with Crippen molar-refractivity contribution >= 4 is 10.9 Å². The molecule has 3 rings (SSSR count). The molecule has 0 radical (unpaired) electrons. The minimum Gasteiger partial charge on any atom is -0.392 e. The van der Waals surface area contributed by atoms with Gasteiger partial charge in [0.15, 0.2) is 0 Å². The predicted octanol–water partition coefficient (Wildman–Crippen LogP) is 2.42. The Morgan fingerprint density at radius 2 is 2.05 bits per heavy atom. The number of fused-ring (bicyclic) bond motifs is 1. The molecule has 0 aliphatic heterocycles. The van der Waals surface area contributed by atoms with E-state index in [2.05, 4.69) is 32.4 Å². The third-order valence-electron chi connectivity index (χ3n) is 3.42. The number of aromatic nitrogens is 3. The van der Waals surface area contributed by atoms with Crippen molar-refractivity contribution in [3.05, 3.63) is 54.7 Å². The Morgan fingerprint density at radius 3 is 2.84 bits per heavy atom. The lowest BCUT2D eigenvalue weighted by Gasteiger charge is -2.05. The molecule has 0 spiro atoms. The summed E-state index contributed by atoms with van der Waals surface area (Å²) < 4.78 is 4.30. The Morgan fingerprint density at radius 1 is 1.16 bits per heavy atom. The molecule has 2 heterocycles. The fourth-order valence-corrected chi connectivity index (χ4v) is 2.48. The van der Waals surface area contributed by atoms with Crippen LogP contribution in [0.4, 0.5) is 0 Å². The second-order valence-corrected chi connectivity index (χ2v) is 4.68. The molecule has 4 heteroatoms. The number of aryl methyl sites for hydroxylation is 2. The zero-order chi connectivity index (χ0) is 13.1. The highest BCUT2D eigenvalue weighted by Gasteiger charge is 2.06. The molecule has 0 aliphatic rings. The minimum absolute atomic E-state index is 0.0923. The van der Waals surface area contributed by atoms with Gasteiger partial charge in [0.1, 0.15) is 0 Å². The van der Waals surface area contributed by atoms with Crippen molar-refractivity contribution in [1.82, 2.24) is 14.1 Å². The van der Waals surface area contributed by atoms with E-state index in [4.69, 9.17) is 0 Å². The maximum absolute atomic E-state index is 9.40. The molecular weight excluding hydrogens is 238 g/mol. The molecule has 0 aliphatic carbocycles. The van der Waals surface area contributed by atoms with Crippen molar-refractivity contribution < 1.29 is 5.11 Å². The van der Waals surface area contributed by atoms with Gasteiger partial charge in [-0.2, -0.15) is 0 Å². The van der Waals surface area contributed by atoms with Gasteiger partial charge in [0, 0.05) is 48.1 Å². The molecule has 4 nitrogen and oxygen atoms in total. The van der Waals surface area contributed by atoms with E-state index >= 15 is 0 Å². The van der Waals surface area contributed by atoms with Gasteiger partial charge >= 0.3 is 0 Å². The van der Waals surface area contributed by atoms with Gasteiger partial charge < -0.3 is 14.2 Å². The van der Waals surface area contributed by atoms with E-state index in [1.54, 1.807) is 6.20 Å². The first kappa shape index (κ1) is 12.0. The number of nitrogens with zero attached hydrogens (tertiary/aromatic N) is 3. The van der Waals surface area contributed by atoms with Crippen LogP contribution in [0, 0.1) is 0 Å². The monoisotopic (exact) mass is 255 g/mol. The molecule has 0 saturated carbocycles. The molecule has 3 aromatic rings. The van der Waals surface area contributed by atoms with Crippen molar-refractivity contribution in [2.24, 2.45) is 0 Å². The van der Waals surface area contributed by atoms with Crippen molar-refractivity contribution in [2.75, 3.05) is 0 Å². The molecule has 98 valence electrons. The number of benzene rings is 1. The normalized spacial score (nSPS) is 11.2. The summed E-state index contributed by atoms with van der Waals surface area (Å²) in [5.41, 5.74) is 2.19. The summed E-state index contributed by atoms with van der Waals surface area (Å²) in [6.07, 6.45) is 8.72. The van der Waals surface area contributed by atoms with Gasteiger partial charge in [-0.1, -0.05) is 18.2 Å². The Bertz CT molecular complexity index is 655. The smallest absolute Gasteiger partial charge is 0.0945 e. The highest BCUT2D eigenvalue weighted by Crippen LogP contribution is 2.21. The van der Waals surface area contributed by atoms with E-state index in [0.717, 1.165) is 30.5 Å². The summed E-state index contributed by atoms with van der Waals surface area (Å²) in [4.78, 5) is 4.04. The van der Waals surface area contributed by atoms with Gasteiger partial charge in [0.2, 0.25) is 0 Å². The predicted molar refractivity (Wildman–Crippen MR) is 74.7 cm³/mol. The van der Waals surface area contributed by atoms with Crippen LogP contribution >= 0.6 is 0 Å². The highest BCUT2D eigenvalue weighted by molar-refractivity contribution is 5.83. The molecule has 1 N–H and O–H groups in total. The maximum Gasteiger partial charge on any atom is 0.0945 e. The average molecular weight is 255 g/mol. The SMILES string of the molecule is OCc1cn(CCCn2ccnc2)c2ccccc12. The number of imidazole rings is 1. The van der Waals surface area contributed by atoms with Gasteiger partial charge in [-0.25, -0.2) is 4.98 Å². The Hall–Kier alpha value is -2.07. The maximum atomic E-state index is 9.40. The van der Waals surface area contributed by atoms with E-state index in [1.807, 2.05) is 24.7 Å². The number of aliphatic hydroxyl groups excluding tert-OH is 1. The van der Waals surface area contributed by atoms with Gasteiger partial charge in [-0.15, -0.1) is 0 Å². The first-order chi connectivity index (χ1) is 9.38. The van der Waals surface area contributed by atoms with Crippen LogP contribution < -0.4 is 0 Å². The van der Waals surface area contributed by atoms with Crippen LogP contribution in [-0.4, -0.2) is 19.2 Å². The number of rotatable bonds is 5. The van der Waals surface area contributed by atoms with Gasteiger partial charge in [-0.05, 0) is 12.5 Å². The van der Waals surface area contributed by atoms with E-state index in [1.165, 1.54) is 5.52 Å². The van der Waals surface area contributed by atoms with Crippen LogP contribution in [0.1, 0.15) is 12.0 Å². The molecule has 0 saturated heterocycles. The lowest BCUT2D eigenvalue weighted by molar-refractivity contribution is 0.283. The molecule has 1 aromatic carbocycles. The largest absolute Gasteiger partial charge is 0.392 e. The van der Waals surface area contributed by atoms with E-state index < -0.39 is 0 Å². The summed E-state index contributed by atoms with van der Waals surface area (Å²) in [5, 5.41) is 10.5. The quantitative estimate of drug-likeness (QED) is 0.761. The molecule has 0 atom stereocenters. The van der Waals surface area contributed by atoms with Crippen LogP contribution in [0.15, 0.2) is 49.2 Å². The number of aliphatic hydroxyl groups is 1. The summed E-state index contributed by atoms with van der Waals surface area (Å²) >= 11 is 0. The molecule has 0 unspecified atom stereocenters. The van der Waals surface area contributed by atoms with E-state index in [-0.39, 0.29) is 6.61 Å². The lowest BCUT2D eigenvalue weighted by atomic mass is 10.2. The third kappa shape index (κ3) is 2.39. The van der Waals surface area contributed by atoms with Crippen LogP contribution in [0.2, 0.25) is 0 Å². The Balaban J connectivity index is 1.77. The van der Waals surface area contributed by atoms with Crippen molar-refractivity contribution in [3.8, 4) is 0 Å². The van der Waals surface area contributed by atoms with Gasteiger partial charge in [-0.3, -0.25) is 0 Å². The third-order valence-corrected chi connectivity index (χ3v) is 3.42. The summed E-state index contributed by atoms with van der Waals surface area (Å²) in [6.45, 7) is 1.99. The number of hydrogen-bond donors (Lipinski definition) is 1. The summed E-state index contributed by atoms with van der Waals surface area (Å²) in [7, 11) is 0. The Kier molecular flexibility index (Phi) is 3.33. The first-order valence-corrected chi connectivity index (χ1v) is 6.52.